The zero-order valence-corrected chi connectivity index (χ0v) is 12.0. The molecule has 1 rings (SSSR count). The van der Waals surface area contributed by atoms with Crippen molar-refractivity contribution in [3.63, 3.8) is 0 Å². The van der Waals surface area contributed by atoms with Crippen molar-refractivity contribution in [3.05, 3.63) is 29.8 Å². The standard InChI is InChI=1S/C15H25NS/c1-3-4-5-6-7-11-17-15-10-8-9-14(12-15)13-16-2/h8-10,12,16H,3-7,11,13H2,1-2H3. The second-order valence-corrected chi connectivity index (χ2v) is 5.61. The quantitative estimate of drug-likeness (QED) is 0.513. The van der Waals surface area contributed by atoms with Crippen LogP contribution in [0.5, 0.6) is 0 Å². The number of unbranched alkanes of at least 4 members (excludes halogenated alkanes) is 4. The average Bonchev–Trinajstić information content (AvgIpc) is 2.35. The van der Waals surface area contributed by atoms with Gasteiger partial charge < -0.3 is 5.32 Å². The molecule has 1 N–H and O–H groups in total. The summed E-state index contributed by atoms with van der Waals surface area (Å²) < 4.78 is 0. The van der Waals surface area contributed by atoms with Crippen LogP contribution in [0, 0.1) is 0 Å². The largest absolute Gasteiger partial charge is 0.316 e. The Bertz CT molecular complexity index is 299. The van der Waals surface area contributed by atoms with E-state index in [0.29, 0.717) is 0 Å². The molecular weight excluding hydrogens is 226 g/mol. The lowest BCUT2D eigenvalue weighted by atomic mass is 10.2. The van der Waals surface area contributed by atoms with Gasteiger partial charge in [-0.2, -0.15) is 0 Å². The smallest absolute Gasteiger partial charge is 0.0202 e. The van der Waals surface area contributed by atoms with Gasteiger partial charge in [0.25, 0.3) is 0 Å². The van der Waals surface area contributed by atoms with Crippen molar-refractivity contribution in [2.75, 3.05) is 12.8 Å². The van der Waals surface area contributed by atoms with Gasteiger partial charge >= 0.3 is 0 Å². The van der Waals surface area contributed by atoms with Crippen molar-refractivity contribution < 1.29 is 0 Å². The first-order chi connectivity index (χ1) is 8.36. The molecule has 0 spiro atoms. The third kappa shape index (κ3) is 6.75. The number of benzene rings is 1. The van der Waals surface area contributed by atoms with Crippen molar-refractivity contribution in [1.82, 2.24) is 5.32 Å². The van der Waals surface area contributed by atoms with Crippen LogP contribution in [0.25, 0.3) is 0 Å². The molecule has 2 heteroatoms. The molecule has 0 amide bonds. The normalized spacial score (nSPS) is 10.7. The topological polar surface area (TPSA) is 12.0 Å². The summed E-state index contributed by atoms with van der Waals surface area (Å²) in [6.45, 7) is 3.23. The van der Waals surface area contributed by atoms with E-state index in [1.54, 1.807) is 0 Å². The van der Waals surface area contributed by atoms with Gasteiger partial charge in [-0.05, 0) is 36.9 Å². The predicted octanol–water partition coefficient (Wildman–Crippen LogP) is 4.47. The van der Waals surface area contributed by atoms with E-state index in [1.165, 1.54) is 48.3 Å². The zero-order valence-electron chi connectivity index (χ0n) is 11.2. The van der Waals surface area contributed by atoms with E-state index in [9.17, 15) is 0 Å². The summed E-state index contributed by atoms with van der Waals surface area (Å²) in [5, 5.41) is 3.19. The maximum atomic E-state index is 3.19. The van der Waals surface area contributed by atoms with Crippen molar-refractivity contribution in [3.8, 4) is 0 Å². The maximum Gasteiger partial charge on any atom is 0.0202 e. The van der Waals surface area contributed by atoms with Crippen LogP contribution in [0.3, 0.4) is 0 Å². The summed E-state index contributed by atoms with van der Waals surface area (Å²) in [7, 11) is 1.99. The van der Waals surface area contributed by atoms with Crippen LogP contribution in [-0.2, 0) is 6.54 Å². The molecule has 0 unspecified atom stereocenters. The van der Waals surface area contributed by atoms with Gasteiger partial charge in [0, 0.05) is 11.4 Å². The fraction of sp³-hybridized carbons (Fsp3) is 0.600. The summed E-state index contributed by atoms with van der Waals surface area (Å²) in [6.07, 6.45) is 6.86. The average molecular weight is 251 g/mol. The van der Waals surface area contributed by atoms with Crippen molar-refractivity contribution in [2.45, 2.75) is 50.5 Å². The number of nitrogens with one attached hydrogen (secondary N) is 1. The van der Waals surface area contributed by atoms with Crippen LogP contribution in [0.4, 0.5) is 0 Å². The third-order valence-electron chi connectivity index (χ3n) is 2.80. The minimum absolute atomic E-state index is 0.963. The molecule has 0 saturated heterocycles. The zero-order chi connectivity index (χ0) is 12.3. The SMILES string of the molecule is CCCCCCCSc1cccc(CNC)c1. The molecule has 0 heterocycles. The van der Waals surface area contributed by atoms with E-state index < -0.39 is 0 Å². The molecule has 0 bridgehead atoms. The Morgan fingerprint density at radius 1 is 1.12 bits per heavy atom. The van der Waals surface area contributed by atoms with Crippen LogP contribution < -0.4 is 5.32 Å². The van der Waals surface area contributed by atoms with Gasteiger partial charge in [-0.3, -0.25) is 0 Å². The summed E-state index contributed by atoms with van der Waals surface area (Å²) in [6, 6.07) is 8.86. The summed E-state index contributed by atoms with van der Waals surface area (Å²) in [5.74, 6) is 1.26. The Hall–Kier alpha value is -0.470. The highest BCUT2D eigenvalue weighted by molar-refractivity contribution is 7.99. The molecule has 1 nitrogen and oxygen atoms in total. The van der Waals surface area contributed by atoms with Gasteiger partial charge in [0.2, 0.25) is 0 Å². The second kappa shape index (κ2) is 9.55. The van der Waals surface area contributed by atoms with Gasteiger partial charge in [0.15, 0.2) is 0 Å². The Balaban J connectivity index is 2.19. The third-order valence-corrected chi connectivity index (χ3v) is 3.88. The first-order valence-corrected chi connectivity index (χ1v) is 7.71. The molecular formula is C15H25NS. The first kappa shape index (κ1) is 14.6. The minimum atomic E-state index is 0.963. The monoisotopic (exact) mass is 251 g/mol. The Morgan fingerprint density at radius 2 is 1.94 bits per heavy atom. The molecule has 0 aliphatic carbocycles. The van der Waals surface area contributed by atoms with Gasteiger partial charge in [-0.25, -0.2) is 0 Å². The van der Waals surface area contributed by atoms with E-state index in [0.717, 1.165) is 6.54 Å². The molecule has 0 saturated carbocycles. The molecule has 17 heavy (non-hydrogen) atoms. The van der Waals surface area contributed by atoms with Gasteiger partial charge in [0.1, 0.15) is 0 Å². The van der Waals surface area contributed by atoms with E-state index in [4.69, 9.17) is 0 Å². The molecule has 1 aromatic carbocycles. The highest BCUT2D eigenvalue weighted by Gasteiger charge is 1.96. The number of thioether (sulfide) groups is 1. The van der Waals surface area contributed by atoms with Crippen LogP contribution in [-0.4, -0.2) is 12.8 Å². The van der Waals surface area contributed by atoms with Gasteiger partial charge in [-0.1, -0.05) is 44.7 Å². The lowest BCUT2D eigenvalue weighted by molar-refractivity contribution is 0.659. The lowest BCUT2D eigenvalue weighted by Gasteiger charge is -2.05. The number of hydrogen-bond donors (Lipinski definition) is 1. The lowest BCUT2D eigenvalue weighted by Crippen LogP contribution is -2.04. The highest BCUT2D eigenvalue weighted by atomic mass is 32.2. The van der Waals surface area contributed by atoms with E-state index in [-0.39, 0.29) is 0 Å². The van der Waals surface area contributed by atoms with Gasteiger partial charge in [0.05, 0.1) is 0 Å². The molecule has 1 aromatic rings. The molecule has 0 atom stereocenters. The van der Waals surface area contributed by atoms with Crippen molar-refractivity contribution in [1.29, 1.82) is 0 Å². The molecule has 0 aromatic heterocycles. The van der Waals surface area contributed by atoms with Crippen LogP contribution in [0.2, 0.25) is 0 Å². The van der Waals surface area contributed by atoms with E-state index in [1.807, 2.05) is 18.8 Å². The fourth-order valence-electron chi connectivity index (χ4n) is 1.84. The molecule has 96 valence electrons. The summed E-state index contributed by atoms with van der Waals surface area (Å²) in [4.78, 5) is 1.41. The molecule has 0 aliphatic heterocycles. The Morgan fingerprint density at radius 3 is 2.71 bits per heavy atom. The van der Waals surface area contributed by atoms with Crippen LogP contribution in [0.1, 0.15) is 44.6 Å². The van der Waals surface area contributed by atoms with E-state index >= 15 is 0 Å². The number of rotatable bonds is 9. The minimum Gasteiger partial charge on any atom is -0.316 e. The Labute approximate surface area is 110 Å². The number of hydrogen-bond acceptors (Lipinski definition) is 2. The molecule has 0 fully saturated rings. The van der Waals surface area contributed by atoms with E-state index in [2.05, 4.69) is 36.5 Å². The fourth-order valence-corrected chi connectivity index (χ4v) is 2.84. The van der Waals surface area contributed by atoms with Crippen molar-refractivity contribution in [2.24, 2.45) is 0 Å². The first-order valence-electron chi connectivity index (χ1n) is 6.73. The molecule has 0 aliphatic rings. The molecule has 0 radical (unpaired) electrons. The maximum absolute atomic E-state index is 3.19. The second-order valence-electron chi connectivity index (χ2n) is 4.44. The predicted molar refractivity (Wildman–Crippen MR) is 78.7 cm³/mol. The van der Waals surface area contributed by atoms with Gasteiger partial charge in [-0.15, -0.1) is 11.8 Å². The Kier molecular flexibility index (Phi) is 8.20. The summed E-state index contributed by atoms with van der Waals surface area (Å²) >= 11 is 1.99. The van der Waals surface area contributed by atoms with Crippen LogP contribution in [0.15, 0.2) is 29.2 Å². The van der Waals surface area contributed by atoms with Crippen molar-refractivity contribution >= 4 is 11.8 Å². The summed E-state index contributed by atoms with van der Waals surface area (Å²) in [5.41, 5.74) is 1.38. The highest BCUT2D eigenvalue weighted by Crippen LogP contribution is 2.21. The van der Waals surface area contributed by atoms with Crippen LogP contribution >= 0.6 is 11.8 Å².